The van der Waals surface area contributed by atoms with Gasteiger partial charge in [0.2, 0.25) is 0 Å². The zero-order chi connectivity index (χ0) is 22.3. The smallest absolute Gasteiger partial charge is 0.330 e. The van der Waals surface area contributed by atoms with E-state index in [1.54, 1.807) is 29.2 Å². The predicted molar refractivity (Wildman–Crippen MR) is 120 cm³/mol. The van der Waals surface area contributed by atoms with Gasteiger partial charge in [-0.05, 0) is 24.6 Å². The Morgan fingerprint density at radius 1 is 1.06 bits per heavy atom. The highest BCUT2D eigenvalue weighted by molar-refractivity contribution is 7.50. The molecule has 0 saturated heterocycles. The summed E-state index contributed by atoms with van der Waals surface area (Å²) in [6.07, 6.45) is 3.59. The Hall–Kier alpha value is -2.34. The summed E-state index contributed by atoms with van der Waals surface area (Å²) in [5.74, 6) is 1.01. The minimum atomic E-state index is -4.21. The highest BCUT2D eigenvalue weighted by Crippen LogP contribution is 2.41. The third kappa shape index (κ3) is 6.57. The summed E-state index contributed by atoms with van der Waals surface area (Å²) in [7, 11) is -4.21. The van der Waals surface area contributed by atoms with Crippen molar-refractivity contribution < 1.29 is 28.6 Å². The topological polar surface area (TPSA) is 96.3 Å². The van der Waals surface area contributed by atoms with Crippen LogP contribution in [-0.2, 0) is 15.5 Å². The van der Waals surface area contributed by atoms with E-state index in [-0.39, 0.29) is 18.7 Å². The van der Waals surface area contributed by atoms with Crippen LogP contribution in [0.5, 0.6) is 11.5 Å². The second-order valence-corrected chi connectivity index (χ2v) is 9.34. The number of carbonyl (C=O) groups excluding carboxylic acids is 1. The number of hydrogen-bond donors (Lipinski definition) is 2. The molecular weight excluding hydrogens is 417 g/mol. The number of unbranched alkanes of at least 4 members (excludes halogenated alkanes) is 3. The molecule has 31 heavy (non-hydrogen) atoms. The van der Waals surface area contributed by atoms with Gasteiger partial charge in [0.1, 0.15) is 11.5 Å². The van der Waals surface area contributed by atoms with Gasteiger partial charge in [-0.3, -0.25) is 9.36 Å². The Bertz CT molecular complexity index is 928. The van der Waals surface area contributed by atoms with Crippen molar-refractivity contribution in [3.63, 3.8) is 0 Å². The molecule has 0 radical (unpaired) electrons. The summed E-state index contributed by atoms with van der Waals surface area (Å²) in [6, 6.07) is 14.3. The first-order valence-electron chi connectivity index (χ1n) is 10.7. The van der Waals surface area contributed by atoms with Gasteiger partial charge < -0.3 is 24.2 Å². The second-order valence-electron chi connectivity index (χ2n) is 7.69. The fourth-order valence-corrected chi connectivity index (χ4v) is 4.36. The van der Waals surface area contributed by atoms with Gasteiger partial charge in [0, 0.05) is 18.5 Å². The van der Waals surface area contributed by atoms with Crippen molar-refractivity contribution >= 4 is 19.2 Å². The maximum absolute atomic E-state index is 13.1. The van der Waals surface area contributed by atoms with Gasteiger partial charge >= 0.3 is 7.60 Å². The zero-order valence-corrected chi connectivity index (χ0v) is 18.7. The summed E-state index contributed by atoms with van der Waals surface area (Å²) in [4.78, 5) is 33.4. The first kappa shape index (κ1) is 23.3. The van der Waals surface area contributed by atoms with Crippen molar-refractivity contribution in [3.05, 3.63) is 54.1 Å². The van der Waals surface area contributed by atoms with Crippen molar-refractivity contribution in [2.75, 3.05) is 18.1 Å². The summed E-state index contributed by atoms with van der Waals surface area (Å²) in [5.41, 5.74) is 1.24. The van der Waals surface area contributed by atoms with E-state index in [4.69, 9.17) is 9.47 Å². The van der Waals surface area contributed by atoms with Gasteiger partial charge in [-0.15, -0.1) is 0 Å². The number of nitrogens with zero attached hydrogens (tertiary/aromatic N) is 1. The van der Waals surface area contributed by atoms with Gasteiger partial charge in [-0.2, -0.15) is 0 Å². The van der Waals surface area contributed by atoms with Crippen molar-refractivity contribution in [1.29, 1.82) is 0 Å². The predicted octanol–water partition coefficient (Wildman–Crippen LogP) is 4.51. The fourth-order valence-electron chi connectivity index (χ4n) is 3.66. The van der Waals surface area contributed by atoms with E-state index in [0.717, 1.165) is 31.4 Å². The second kappa shape index (κ2) is 10.8. The number of para-hydroxylation sites is 3. The van der Waals surface area contributed by atoms with Gasteiger partial charge in [0.15, 0.2) is 6.10 Å². The summed E-state index contributed by atoms with van der Waals surface area (Å²) >= 11 is 0. The minimum absolute atomic E-state index is 0.0812. The average Bonchev–Trinajstić information content (AvgIpc) is 2.73. The van der Waals surface area contributed by atoms with Crippen LogP contribution in [0.3, 0.4) is 0 Å². The summed E-state index contributed by atoms with van der Waals surface area (Å²) < 4.78 is 23.1. The Kier molecular flexibility index (Phi) is 8.13. The van der Waals surface area contributed by atoms with Crippen molar-refractivity contribution in [2.45, 2.75) is 51.3 Å². The van der Waals surface area contributed by atoms with Crippen LogP contribution in [0.25, 0.3) is 0 Å². The first-order chi connectivity index (χ1) is 14.9. The number of ether oxygens (including phenoxy) is 2. The van der Waals surface area contributed by atoms with E-state index in [0.29, 0.717) is 30.0 Å². The normalized spacial score (nSPS) is 16.0. The molecule has 2 aromatic carbocycles. The van der Waals surface area contributed by atoms with Crippen LogP contribution in [0.2, 0.25) is 0 Å². The Balaban J connectivity index is 1.64. The van der Waals surface area contributed by atoms with E-state index in [2.05, 4.69) is 6.92 Å². The number of anilines is 1. The molecule has 1 heterocycles. The summed E-state index contributed by atoms with van der Waals surface area (Å²) in [5, 5.41) is 0. The van der Waals surface area contributed by atoms with Crippen molar-refractivity contribution in [1.82, 2.24) is 0 Å². The maximum Gasteiger partial charge on any atom is 0.330 e. The molecule has 0 aromatic heterocycles. The molecule has 1 unspecified atom stereocenters. The van der Waals surface area contributed by atoms with Crippen LogP contribution in [0, 0.1) is 0 Å². The molecule has 7 nitrogen and oxygen atoms in total. The van der Waals surface area contributed by atoms with E-state index < -0.39 is 13.7 Å². The molecule has 3 rings (SSSR count). The lowest BCUT2D eigenvalue weighted by Gasteiger charge is -2.34. The van der Waals surface area contributed by atoms with Crippen LogP contribution < -0.4 is 14.4 Å². The minimum Gasteiger partial charge on any atom is -0.493 e. The van der Waals surface area contributed by atoms with Crippen molar-refractivity contribution in [3.8, 4) is 11.5 Å². The average molecular weight is 447 g/mol. The first-order valence-corrected chi connectivity index (χ1v) is 12.5. The third-order valence-corrected chi connectivity index (χ3v) is 5.94. The molecule has 0 bridgehead atoms. The highest BCUT2D eigenvalue weighted by atomic mass is 31.2. The Labute approximate surface area is 183 Å². The number of hydrogen-bond acceptors (Lipinski definition) is 4. The van der Waals surface area contributed by atoms with Gasteiger partial charge in [0.25, 0.3) is 5.91 Å². The largest absolute Gasteiger partial charge is 0.493 e. The molecule has 0 spiro atoms. The quantitative estimate of drug-likeness (QED) is 0.389. The SMILES string of the molecule is CCCCCCN1C(=O)C(CCOc2ccccc2CP(=O)(O)O)Oc2ccccc21. The zero-order valence-electron chi connectivity index (χ0n) is 17.8. The monoisotopic (exact) mass is 447 g/mol. The lowest BCUT2D eigenvalue weighted by molar-refractivity contribution is -0.126. The Morgan fingerprint density at radius 3 is 2.58 bits per heavy atom. The molecule has 0 fully saturated rings. The molecule has 2 aromatic rings. The standard InChI is InChI=1S/C23H30NO6P/c1-2-3-4-9-15-24-19-11-6-8-13-21(19)30-22(23(24)25)14-16-29-20-12-7-5-10-18(20)17-31(26,27)28/h5-8,10-13,22H,2-4,9,14-17H2,1H3,(H2,26,27,28). The Morgan fingerprint density at radius 2 is 1.81 bits per heavy atom. The van der Waals surface area contributed by atoms with E-state index in [1.165, 1.54) is 0 Å². The van der Waals surface area contributed by atoms with Crippen LogP contribution in [-0.4, -0.2) is 34.9 Å². The number of benzene rings is 2. The maximum atomic E-state index is 13.1. The molecule has 168 valence electrons. The van der Waals surface area contributed by atoms with E-state index in [9.17, 15) is 19.1 Å². The van der Waals surface area contributed by atoms with E-state index in [1.807, 2.05) is 24.3 Å². The van der Waals surface area contributed by atoms with E-state index >= 15 is 0 Å². The number of amides is 1. The fraction of sp³-hybridized carbons (Fsp3) is 0.435. The van der Waals surface area contributed by atoms with Crippen LogP contribution in [0.15, 0.2) is 48.5 Å². The van der Waals surface area contributed by atoms with Crippen LogP contribution in [0.1, 0.15) is 44.6 Å². The third-order valence-electron chi connectivity index (χ3n) is 5.19. The molecule has 0 aliphatic carbocycles. The molecule has 1 aliphatic rings. The number of rotatable bonds is 11. The molecule has 0 saturated carbocycles. The van der Waals surface area contributed by atoms with Gasteiger partial charge in [-0.25, -0.2) is 0 Å². The number of carbonyl (C=O) groups is 1. The molecule has 1 amide bonds. The lowest BCUT2D eigenvalue weighted by atomic mass is 10.1. The molecular formula is C23H30NO6P. The van der Waals surface area contributed by atoms with Gasteiger partial charge in [0.05, 0.1) is 18.5 Å². The van der Waals surface area contributed by atoms with Crippen LogP contribution in [0.4, 0.5) is 5.69 Å². The number of fused-ring (bicyclic) bond motifs is 1. The lowest BCUT2D eigenvalue weighted by Crippen LogP contribution is -2.47. The molecule has 1 aliphatic heterocycles. The molecule has 8 heteroatoms. The van der Waals surface area contributed by atoms with Gasteiger partial charge in [-0.1, -0.05) is 56.5 Å². The highest BCUT2D eigenvalue weighted by Gasteiger charge is 2.33. The molecule has 2 N–H and O–H groups in total. The summed E-state index contributed by atoms with van der Waals surface area (Å²) in [6.45, 7) is 3.01. The molecule has 1 atom stereocenters. The van der Waals surface area contributed by atoms with Crippen molar-refractivity contribution in [2.24, 2.45) is 0 Å². The van der Waals surface area contributed by atoms with Crippen LogP contribution >= 0.6 is 7.60 Å².